The van der Waals surface area contributed by atoms with E-state index in [9.17, 15) is 9.18 Å². The smallest absolute Gasteiger partial charge is 0.266 e. The van der Waals surface area contributed by atoms with Crippen molar-refractivity contribution in [2.24, 2.45) is 0 Å². The van der Waals surface area contributed by atoms with Gasteiger partial charge in [0.15, 0.2) is 5.16 Å². The number of halogens is 2. The lowest BCUT2D eigenvalue weighted by Gasteiger charge is -2.13. The average molecular weight is 441 g/mol. The molecule has 6 heteroatoms. The minimum atomic E-state index is -0.261. The molecule has 0 fully saturated rings. The van der Waals surface area contributed by atoms with Crippen LogP contribution < -0.4 is 5.56 Å². The number of fused-ring (bicyclic) bond motifs is 1. The van der Waals surface area contributed by atoms with E-state index in [0.717, 1.165) is 10.2 Å². The van der Waals surface area contributed by atoms with Crippen LogP contribution in [0.2, 0.25) is 0 Å². The van der Waals surface area contributed by atoms with E-state index in [-0.39, 0.29) is 11.4 Å². The molecule has 0 aliphatic rings. The lowest BCUT2D eigenvalue weighted by Crippen LogP contribution is -2.21. The largest absolute Gasteiger partial charge is 0.268 e. The first-order valence-electron chi connectivity index (χ1n) is 8.27. The summed E-state index contributed by atoms with van der Waals surface area (Å²) in [7, 11) is 0. The number of rotatable bonds is 4. The molecule has 3 nitrogen and oxygen atoms in total. The van der Waals surface area contributed by atoms with Gasteiger partial charge in [-0.3, -0.25) is 9.36 Å². The fourth-order valence-corrected chi connectivity index (χ4v) is 4.05. The number of nitrogens with zero attached hydrogens (tertiary/aromatic N) is 2. The van der Waals surface area contributed by atoms with Crippen LogP contribution in [0.3, 0.4) is 0 Å². The number of thioether (sulfide) groups is 1. The molecule has 0 spiro atoms. The molecule has 0 atom stereocenters. The Morgan fingerprint density at radius 2 is 1.67 bits per heavy atom. The summed E-state index contributed by atoms with van der Waals surface area (Å²) in [4.78, 5) is 17.8. The van der Waals surface area contributed by atoms with Crippen LogP contribution in [0.1, 0.15) is 5.56 Å². The molecule has 0 amide bonds. The van der Waals surface area contributed by atoms with E-state index in [2.05, 4.69) is 20.9 Å². The van der Waals surface area contributed by atoms with Crippen molar-refractivity contribution in [3.8, 4) is 5.69 Å². The third-order valence-corrected chi connectivity index (χ3v) is 5.66. The summed E-state index contributed by atoms with van der Waals surface area (Å²) >= 11 is 4.76. The van der Waals surface area contributed by atoms with E-state index in [0.29, 0.717) is 27.4 Å². The number of benzene rings is 3. The van der Waals surface area contributed by atoms with Crippen LogP contribution in [0.5, 0.6) is 0 Å². The van der Waals surface area contributed by atoms with Crippen molar-refractivity contribution >= 4 is 38.6 Å². The minimum Gasteiger partial charge on any atom is -0.268 e. The molecule has 4 rings (SSSR count). The molecule has 1 heterocycles. The van der Waals surface area contributed by atoms with Crippen molar-refractivity contribution in [2.45, 2.75) is 10.9 Å². The predicted octanol–water partition coefficient (Wildman–Crippen LogP) is 5.58. The van der Waals surface area contributed by atoms with E-state index >= 15 is 0 Å². The molecule has 0 aliphatic heterocycles. The fourth-order valence-electron chi connectivity index (χ4n) is 2.78. The van der Waals surface area contributed by atoms with E-state index in [4.69, 9.17) is 0 Å². The Balaban J connectivity index is 1.84. The summed E-state index contributed by atoms with van der Waals surface area (Å²) < 4.78 is 16.5. The van der Waals surface area contributed by atoms with Crippen molar-refractivity contribution in [1.29, 1.82) is 0 Å². The van der Waals surface area contributed by atoms with Gasteiger partial charge in [0.25, 0.3) is 5.56 Å². The average Bonchev–Trinajstić information content (AvgIpc) is 2.69. The first kappa shape index (κ1) is 17.9. The molecule has 0 radical (unpaired) electrons. The highest BCUT2D eigenvalue weighted by Crippen LogP contribution is 2.26. The summed E-state index contributed by atoms with van der Waals surface area (Å²) in [5.41, 5.74) is 1.79. The van der Waals surface area contributed by atoms with Crippen LogP contribution in [0.15, 0.2) is 87.2 Å². The zero-order valence-electron chi connectivity index (χ0n) is 14.1. The molecule has 3 aromatic carbocycles. The Hall–Kier alpha value is -2.44. The van der Waals surface area contributed by atoms with E-state index in [1.807, 2.05) is 42.5 Å². The molecule has 0 saturated heterocycles. The first-order valence-corrected chi connectivity index (χ1v) is 10.1. The van der Waals surface area contributed by atoms with Crippen LogP contribution in [0.4, 0.5) is 4.39 Å². The van der Waals surface area contributed by atoms with Crippen LogP contribution in [-0.4, -0.2) is 9.55 Å². The zero-order chi connectivity index (χ0) is 18.8. The number of para-hydroxylation sites is 1. The Kier molecular flexibility index (Phi) is 5.09. The third-order valence-electron chi connectivity index (χ3n) is 4.14. The molecule has 0 saturated carbocycles. The minimum absolute atomic E-state index is 0.140. The Bertz CT molecular complexity index is 1170. The Morgan fingerprint density at radius 3 is 2.44 bits per heavy atom. The van der Waals surface area contributed by atoms with Crippen molar-refractivity contribution in [1.82, 2.24) is 9.55 Å². The number of hydrogen-bond acceptors (Lipinski definition) is 3. The van der Waals surface area contributed by atoms with Crippen LogP contribution in [-0.2, 0) is 5.75 Å². The van der Waals surface area contributed by atoms with Gasteiger partial charge in [-0.1, -0.05) is 58.0 Å². The van der Waals surface area contributed by atoms with Crippen LogP contribution in [0, 0.1) is 5.82 Å². The van der Waals surface area contributed by atoms with Crippen LogP contribution in [0.25, 0.3) is 16.6 Å². The van der Waals surface area contributed by atoms with Gasteiger partial charge in [0.2, 0.25) is 0 Å². The second-order valence-corrected chi connectivity index (χ2v) is 7.77. The van der Waals surface area contributed by atoms with Gasteiger partial charge in [-0.25, -0.2) is 9.37 Å². The van der Waals surface area contributed by atoms with Gasteiger partial charge in [0, 0.05) is 10.2 Å². The predicted molar refractivity (Wildman–Crippen MR) is 111 cm³/mol. The van der Waals surface area contributed by atoms with E-state index in [1.54, 1.807) is 28.8 Å². The molecule has 4 aromatic rings. The molecule has 27 heavy (non-hydrogen) atoms. The molecule has 1 aromatic heterocycles. The molecular formula is C21H14BrFN2OS. The summed E-state index contributed by atoms with van der Waals surface area (Å²) in [6, 6.07) is 21.4. The van der Waals surface area contributed by atoms with Crippen molar-refractivity contribution in [3.63, 3.8) is 0 Å². The SMILES string of the molecule is O=c1c2ccccc2nc(SCc2ccccc2F)n1-c1ccc(Br)cc1. The van der Waals surface area contributed by atoms with Gasteiger partial charge in [0.1, 0.15) is 5.82 Å². The molecule has 0 aliphatic carbocycles. The summed E-state index contributed by atoms with van der Waals surface area (Å²) in [6.07, 6.45) is 0. The van der Waals surface area contributed by atoms with Gasteiger partial charge in [-0.15, -0.1) is 0 Å². The second-order valence-electron chi connectivity index (χ2n) is 5.91. The highest BCUT2D eigenvalue weighted by molar-refractivity contribution is 9.10. The maximum absolute atomic E-state index is 14.0. The lowest BCUT2D eigenvalue weighted by molar-refractivity contribution is 0.617. The van der Waals surface area contributed by atoms with Gasteiger partial charge >= 0.3 is 0 Å². The monoisotopic (exact) mass is 440 g/mol. The molecule has 0 bridgehead atoms. The highest BCUT2D eigenvalue weighted by atomic mass is 79.9. The zero-order valence-corrected chi connectivity index (χ0v) is 16.5. The fraction of sp³-hybridized carbons (Fsp3) is 0.0476. The van der Waals surface area contributed by atoms with Gasteiger partial charge < -0.3 is 0 Å². The molecule has 0 unspecified atom stereocenters. The normalized spacial score (nSPS) is 11.0. The lowest BCUT2D eigenvalue weighted by atomic mass is 10.2. The van der Waals surface area contributed by atoms with E-state index < -0.39 is 0 Å². The van der Waals surface area contributed by atoms with Crippen LogP contribution >= 0.6 is 27.7 Å². The number of aromatic nitrogens is 2. The summed E-state index contributed by atoms with van der Waals surface area (Å²) in [5, 5.41) is 1.08. The van der Waals surface area contributed by atoms with Gasteiger partial charge in [-0.2, -0.15) is 0 Å². The van der Waals surface area contributed by atoms with Gasteiger partial charge in [-0.05, 0) is 48.0 Å². The number of hydrogen-bond donors (Lipinski definition) is 0. The van der Waals surface area contributed by atoms with Crippen molar-refractivity contribution in [3.05, 3.63) is 99.0 Å². The van der Waals surface area contributed by atoms with Crippen molar-refractivity contribution in [2.75, 3.05) is 0 Å². The summed E-state index contributed by atoms with van der Waals surface area (Å²) in [6.45, 7) is 0. The molecule has 134 valence electrons. The third kappa shape index (κ3) is 3.68. The Morgan fingerprint density at radius 1 is 0.963 bits per heavy atom. The van der Waals surface area contributed by atoms with Gasteiger partial charge in [0.05, 0.1) is 16.6 Å². The first-order chi connectivity index (χ1) is 13.1. The second kappa shape index (κ2) is 7.66. The molecule has 0 N–H and O–H groups in total. The quantitative estimate of drug-likeness (QED) is 0.306. The topological polar surface area (TPSA) is 34.9 Å². The standard InChI is InChI=1S/C21H14BrFN2OS/c22-15-9-11-16(12-10-15)25-20(26)17-6-2-4-8-19(17)24-21(25)27-13-14-5-1-3-7-18(14)23/h1-12H,13H2. The highest BCUT2D eigenvalue weighted by Gasteiger charge is 2.14. The maximum atomic E-state index is 14.0. The summed E-state index contributed by atoms with van der Waals surface area (Å²) in [5.74, 6) is 0.122. The maximum Gasteiger partial charge on any atom is 0.266 e. The van der Waals surface area contributed by atoms with E-state index in [1.165, 1.54) is 17.8 Å². The Labute approximate surface area is 168 Å². The van der Waals surface area contributed by atoms with Crippen molar-refractivity contribution < 1.29 is 4.39 Å². The molecular weight excluding hydrogens is 427 g/mol.